The Bertz CT molecular complexity index is 884. The molecule has 0 unspecified atom stereocenters. The van der Waals surface area contributed by atoms with Crippen molar-refractivity contribution in [2.45, 2.75) is 28.2 Å². The molecule has 4 rings (SSSR count). The van der Waals surface area contributed by atoms with Crippen molar-refractivity contribution in [3.63, 3.8) is 0 Å². The summed E-state index contributed by atoms with van der Waals surface area (Å²) in [5.74, 6) is 1.57. The number of sulfone groups is 1. The molecule has 2 aliphatic rings. The Balaban J connectivity index is 0.00000182. The first kappa shape index (κ1) is 18.0. The van der Waals surface area contributed by atoms with Crippen molar-refractivity contribution in [3.05, 3.63) is 48.0 Å². The van der Waals surface area contributed by atoms with Gasteiger partial charge in [0.2, 0.25) is 9.84 Å². The van der Waals surface area contributed by atoms with Crippen molar-refractivity contribution in [1.82, 2.24) is 5.32 Å². The Morgan fingerprint density at radius 1 is 1.16 bits per heavy atom. The van der Waals surface area contributed by atoms with E-state index in [0.717, 1.165) is 25.1 Å². The van der Waals surface area contributed by atoms with Gasteiger partial charge in [-0.15, -0.1) is 12.4 Å². The second-order valence-corrected chi connectivity index (χ2v) is 8.09. The highest BCUT2D eigenvalue weighted by Crippen LogP contribution is 2.42. The van der Waals surface area contributed by atoms with Gasteiger partial charge in [0.25, 0.3) is 0 Å². The van der Waals surface area contributed by atoms with Crippen LogP contribution in [-0.4, -0.2) is 34.7 Å². The fourth-order valence-corrected chi connectivity index (χ4v) is 4.78. The minimum Gasteiger partial charge on any atom is -0.497 e. The topological polar surface area (TPSA) is 64.6 Å². The van der Waals surface area contributed by atoms with Gasteiger partial charge in [0.05, 0.1) is 16.9 Å². The predicted molar refractivity (Wildman–Crippen MR) is 96.8 cm³/mol. The molecule has 1 saturated heterocycles. The van der Waals surface area contributed by atoms with Gasteiger partial charge in [-0.2, -0.15) is 0 Å². The third kappa shape index (κ3) is 3.10. The second-order valence-electron chi connectivity index (χ2n) is 6.14. The highest BCUT2D eigenvalue weighted by molar-refractivity contribution is 7.91. The van der Waals surface area contributed by atoms with E-state index in [1.54, 1.807) is 30.3 Å². The Hall–Kier alpha value is -1.76. The molecule has 0 bridgehead atoms. The van der Waals surface area contributed by atoms with Gasteiger partial charge in [0.15, 0.2) is 0 Å². The smallest absolute Gasteiger partial charge is 0.206 e. The zero-order valence-electron chi connectivity index (χ0n) is 13.8. The normalized spacial score (nSPS) is 21.5. The molecule has 0 aromatic heterocycles. The Morgan fingerprint density at radius 3 is 2.76 bits per heavy atom. The number of benzene rings is 2. The summed E-state index contributed by atoms with van der Waals surface area (Å²) in [4.78, 5) is 0.472. The molecule has 0 spiro atoms. The van der Waals surface area contributed by atoms with E-state index in [-0.39, 0.29) is 28.3 Å². The molecular weight excluding hydrogens is 362 g/mol. The fourth-order valence-electron chi connectivity index (χ4n) is 3.47. The molecule has 0 amide bonds. The van der Waals surface area contributed by atoms with Crippen LogP contribution in [-0.2, 0) is 9.84 Å². The summed E-state index contributed by atoms with van der Waals surface area (Å²) in [6.07, 6.45) is 1.11. The van der Waals surface area contributed by atoms with Crippen molar-refractivity contribution in [2.75, 3.05) is 20.2 Å². The third-order valence-corrected chi connectivity index (χ3v) is 6.50. The van der Waals surface area contributed by atoms with Gasteiger partial charge in [0.1, 0.15) is 17.6 Å². The first-order chi connectivity index (χ1) is 11.6. The van der Waals surface area contributed by atoms with E-state index in [2.05, 4.69) is 5.32 Å². The van der Waals surface area contributed by atoms with Crippen LogP contribution in [0.3, 0.4) is 0 Å². The van der Waals surface area contributed by atoms with Crippen LogP contribution in [0.4, 0.5) is 0 Å². The van der Waals surface area contributed by atoms with Gasteiger partial charge in [0, 0.05) is 18.0 Å². The van der Waals surface area contributed by atoms with Crippen molar-refractivity contribution in [2.24, 2.45) is 0 Å². The number of halogens is 1. The molecule has 2 atom stereocenters. The molecule has 0 aliphatic carbocycles. The van der Waals surface area contributed by atoms with Crippen LogP contribution in [0.5, 0.6) is 11.5 Å². The summed E-state index contributed by atoms with van der Waals surface area (Å²) in [5.41, 5.74) is 1.12. The van der Waals surface area contributed by atoms with Gasteiger partial charge in [-0.05, 0) is 43.3 Å². The molecule has 1 N–H and O–H groups in total. The Kier molecular flexibility index (Phi) is 4.95. The molecule has 2 heterocycles. The average Bonchev–Trinajstić information content (AvgIpc) is 2.99. The highest BCUT2D eigenvalue weighted by atomic mass is 35.5. The molecule has 0 saturated carbocycles. The van der Waals surface area contributed by atoms with Crippen molar-refractivity contribution >= 4 is 22.2 Å². The Morgan fingerprint density at radius 2 is 1.96 bits per heavy atom. The molecule has 7 heteroatoms. The van der Waals surface area contributed by atoms with E-state index in [9.17, 15) is 8.42 Å². The minimum absolute atomic E-state index is 0. The Labute approximate surface area is 153 Å². The quantitative estimate of drug-likeness (QED) is 0.885. The molecule has 2 aromatic carbocycles. The lowest BCUT2D eigenvalue weighted by Gasteiger charge is -2.24. The maximum Gasteiger partial charge on any atom is 0.206 e. The fraction of sp³-hybridized carbons (Fsp3) is 0.333. The predicted octanol–water partition coefficient (Wildman–Crippen LogP) is 2.79. The van der Waals surface area contributed by atoms with Crippen LogP contribution < -0.4 is 14.8 Å². The number of hydrogen-bond donors (Lipinski definition) is 1. The summed E-state index contributed by atoms with van der Waals surface area (Å²) in [6, 6.07) is 11.8. The third-order valence-electron chi connectivity index (χ3n) is 4.75. The lowest BCUT2D eigenvalue weighted by molar-refractivity contribution is 0.176. The zero-order chi connectivity index (χ0) is 16.7. The van der Waals surface area contributed by atoms with E-state index < -0.39 is 9.84 Å². The van der Waals surface area contributed by atoms with Gasteiger partial charge in [-0.1, -0.05) is 12.1 Å². The molecule has 134 valence electrons. The van der Waals surface area contributed by atoms with Crippen LogP contribution in [0.1, 0.15) is 17.9 Å². The van der Waals surface area contributed by atoms with E-state index in [1.165, 1.54) is 13.2 Å². The van der Waals surface area contributed by atoms with Crippen LogP contribution in [0, 0.1) is 0 Å². The molecule has 2 aliphatic heterocycles. The number of hydrogen-bond acceptors (Lipinski definition) is 5. The summed E-state index contributed by atoms with van der Waals surface area (Å²) in [5, 5.41) is 3.32. The van der Waals surface area contributed by atoms with Crippen LogP contribution >= 0.6 is 12.4 Å². The number of ether oxygens (including phenoxy) is 2. The summed E-state index contributed by atoms with van der Waals surface area (Å²) >= 11 is 0. The van der Waals surface area contributed by atoms with Crippen LogP contribution in [0.25, 0.3) is 0 Å². The van der Waals surface area contributed by atoms with Crippen molar-refractivity contribution < 1.29 is 17.9 Å². The second kappa shape index (κ2) is 6.86. The number of fused-ring (bicyclic) bond motifs is 3. The van der Waals surface area contributed by atoms with E-state index in [1.807, 2.05) is 6.07 Å². The first-order valence-electron chi connectivity index (χ1n) is 8.00. The molecule has 1 fully saturated rings. The number of rotatable bonds is 3. The zero-order valence-corrected chi connectivity index (χ0v) is 15.4. The van der Waals surface area contributed by atoms with E-state index in [4.69, 9.17) is 9.47 Å². The van der Waals surface area contributed by atoms with Gasteiger partial charge in [-0.3, -0.25) is 0 Å². The number of methoxy groups -OCH3 is 1. The number of nitrogens with one attached hydrogen (secondary N) is 1. The first-order valence-corrected chi connectivity index (χ1v) is 9.48. The molecule has 5 nitrogen and oxygen atoms in total. The minimum atomic E-state index is -3.60. The maximum atomic E-state index is 12.9. The highest BCUT2D eigenvalue weighted by Gasteiger charge is 2.36. The summed E-state index contributed by atoms with van der Waals surface area (Å²) < 4.78 is 36.9. The average molecular weight is 382 g/mol. The SMILES string of the molecule is COc1cccc(S(=O)(=O)c2ccc3c(c2)O[C@H]2CNCC[C@@H]32)c1.Cl. The maximum absolute atomic E-state index is 12.9. The van der Waals surface area contributed by atoms with Crippen molar-refractivity contribution in [1.29, 1.82) is 0 Å². The van der Waals surface area contributed by atoms with E-state index >= 15 is 0 Å². The van der Waals surface area contributed by atoms with Gasteiger partial charge in [-0.25, -0.2) is 8.42 Å². The molecule has 25 heavy (non-hydrogen) atoms. The monoisotopic (exact) mass is 381 g/mol. The van der Waals surface area contributed by atoms with E-state index in [0.29, 0.717) is 17.4 Å². The lowest BCUT2D eigenvalue weighted by atomic mass is 9.90. The van der Waals surface area contributed by atoms with Crippen LogP contribution in [0.2, 0.25) is 0 Å². The van der Waals surface area contributed by atoms with Gasteiger partial charge < -0.3 is 14.8 Å². The molecule has 2 aromatic rings. The summed E-state index contributed by atoms with van der Waals surface area (Å²) in [7, 11) is -2.08. The van der Waals surface area contributed by atoms with Crippen LogP contribution in [0.15, 0.2) is 52.3 Å². The van der Waals surface area contributed by atoms with Crippen molar-refractivity contribution in [3.8, 4) is 11.5 Å². The molecular formula is C18H20ClNO4S. The largest absolute Gasteiger partial charge is 0.497 e. The standard InChI is InChI=1S/C18H19NO4S.ClH/c1-22-12-3-2-4-13(9-12)24(20,21)14-5-6-15-16-7-8-19-11-18(16)23-17(15)10-14;/h2-6,9-10,16,18-19H,7-8,11H2,1H3;1H/t16-,18-;/m0./s1. The lowest BCUT2D eigenvalue weighted by Crippen LogP contribution is -2.39. The number of piperidine rings is 1. The van der Waals surface area contributed by atoms with Gasteiger partial charge >= 0.3 is 0 Å². The molecule has 0 radical (unpaired) electrons. The summed E-state index contributed by atoms with van der Waals surface area (Å²) in [6.45, 7) is 1.77.